The van der Waals surface area contributed by atoms with Crippen LogP contribution in [0.25, 0.3) is 0 Å². The molecule has 27 heavy (non-hydrogen) atoms. The first-order valence-corrected chi connectivity index (χ1v) is 11.1. The van der Waals surface area contributed by atoms with E-state index in [-0.39, 0.29) is 20.4 Å². The highest BCUT2D eigenvalue weighted by atomic mass is 35.5. The van der Waals surface area contributed by atoms with Crippen LogP contribution in [0.4, 0.5) is 5.69 Å². The van der Waals surface area contributed by atoms with E-state index in [1.165, 1.54) is 48.8 Å². The molecule has 1 N–H and O–H groups in total. The molecule has 6 nitrogen and oxygen atoms in total. The fourth-order valence-corrected chi connectivity index (χ4v) is 5.22. The van der Waals surface area contributed by atoms with E-state index in [2.05, 4.69) is 9.71 Å². The van der Waals surface area contributed by atoms with Gasteiger partial charge in [-0.25, -0.2) is 16.8 Å². The minimum absolute atomic E-state index is 0.0271. The van der Waals surface area contributed by atoms with Crippen LogP contribution in [0.2, 0.25) is 5.02 Å². The Balaban J connectivity index is 2.05. The summed E-state index contributed by atoms with van der Waals surface area (Å²) in [5.74, 6) is 0. The molecule has 0 aliphatic rings. The van der Waals surface area contributed by atoms with Gasteiger partial charge in [0.1, 0.15) is 0 Å². The Kier molecular flexibility index (Phi) is 5.23. The maximum atomic E-state index is 12.8. The number of rotatable bonds is 5. The number of nitrogens with zero attached hydrogens (tertiary/aromatic N) is 1. The van der Waals surface area contributed by atoms with Gasteiger partial charge >= 0.3 is 0 Å². The van der Waals surface area contributed by atoms with Gasteiger partial charge in [-0.15, -0.1) is 0 Å². The Morgan fingerprint density at radius 3 is 2.22 bits per heavy atom. The quantitative estimate of drug-likeness (QED) is 0.677. The fraction of sp³-hybridized carbons (Fsp3) is 0.0556. The Bertz CT molecular complexity index is 1180. The number of aryl methyl sites for hydroxylation is 1. The summed E-state index contributed by atoms with van der Waals surface area (Å²) < 4.78 is 53.5. The molecule has 1 aromatic heterocycles. The summed E-state index contributed by atoms with van der Waals surface area (Å²) in [7, 11) is -7.88. The topological polar surface area (TPSA) is 93.2 Å². The summed E-state index contributed by atoms with van der Waals surface area (Å²) in [5, 5.41) is 0.404. The highest BCUT2D eigenvalue weighted by molar-refractivity contribution is 7.93. The monoisotopic (exact) mass is 422 g/mol. The molecule has 0 bridgehead atoms. The third-order valence-corrected chi connectivity index (χ3v) is 7.34. The first-order chi connectivity index (χ1) is 12.7. The zero-order chi connectivity index (χ0) is 19.7. The second-order valence-corrected chi connectivity index (χ2v) is 9.77. The number of aromatic nitrogens is 1. The van der Waals surface area contributed by atoms with E-state index in [4.69, 9.17) is 11.6 Å². The van der Waals surface area contributed by atoms with Gasteiger partial charge < -0.3 is 0 Å². The minimum Gasteiger partial charge on any atom is -0.278 e. The van der Waals surface area contributed by atoms with E-state index in [1.807, 2.05) is 0 Å². The van der Waals surface area contributed by atoms with Gasteiger partial charge in [-0.05, 0) is 61.0 Å². The zero-order valence-electron chi connectivity index (χ0n) is 14.1. The SMILES string of the molecule is Cc1ccc(S(=O)(=O)c2ccc(Cl)cc2)cc1S(=O)(=O)Nc1cccnc1. The Labute approximate surface area is 162 Å². The molecular formula is C18H15ClN2O4S2. The van der Waals surface area contributed by atoms with Crippen molar-refractivity contribution in [2.45, 2.75) is 21.6 Å². The molecule has 0 saturated heterocycles. The molecule has 3 rings (SSSR count). The van der Waals surface area contributed by atoms with Gasteiger partial charge in [0.2, 0.25) is 9.84 Å². The van der Waals surface area contributed by atoms with Crippen LogP contribution in [0, 0.1) is 6.92 Å². The van der Waals surface area contributed by atoms with E-state index < -0.39 is 19.9 Å². The molecular weight excluding hydrogens is 408 g/mol. The Morgan fingerprint density at radius 1 is 0.926 bits per heavy atom. The number of anilines is 1. The van der Waals surface area contributed by atoms with Crippen molar-refractivity contribution in [1.29, 1.82) is 0 Å². The summed E-state index contributed by atoms with van der Waals surface area (Å²) >= 11 is 5.80. The van der Waals surface area contributed by atoms with Crippen molar-refractivity contribution in [2.75, 3.05) is 4.72 Å². The highest BCUT2D eigenvalue weighted by Crippen LogP contribution is 2.27. The van der Waals surface area contributed by atoms with Crippen molar-refractivity contribution in [2.24, 2.45) is 0 Å². The molecule has 0 spiro atoms. The van der Waals surface area contributed by atoms with Crippen LogP contribution in [0.15, 0.2) is 81.7 Å². The Morgan fingerprint density at radius 2 is 1.59 bits per heavy atom. The molecule has 140 valence electrons. The first kappa shape index (κ1) is 19.3. The van der Waals surface area contributed by atoms with Gasteiger partial charge in [-0.1, -0.05) is 17.7 Å². The molecule has 0 aliphatic heterocycles. The van der Waals surface area contributed by atoms with Gasteiger partial charge in [-0.3, -0.25) is 9.71 Å². The number of sulfonamides is 1. The van der Waals surface area contributed by atoms with Crippen molar-refractivity contribution in [3.05, 3.63) is 77.6 Å². The lowest BCUT2D eigenvalue weighted by atomic mass is 10.2. The number of benzene rings is 2. The second-order valence-electron chi connectivity index (χ2n) is 5.73. The standard InChI is InChI=1S/C18H15ClN2O4S2/c1-13-4-7-17(26(22,23)16-8-5-14(19)6-9-16)11-18(13)27(24,25)21-15-3-2-10-20-12-15/h2-12,21H,1H3. The molecule has 1 heterocycles. The van der Waals surface area contributed by atoms with E-state index >= 15 is 0 Å². The number of hydrogen-bond acceptors (Lipinski definition) is 5. The number of hydrogen-bond donors (Lipinski definition) is 1. The summed E-state index contributed by atoms with van der Waals surface area (Å²) in [6.07, 6.45) is 2.88. The third-order valence-electron chi connectivity index (χ3n) is 3.80. The lowest BCUT2D eigenvalue weighted by Gasteiger charge is -2.12. The molecule has 0 saturated carbocycles. The number of nitrogens with one attached hydrogen (secondary N) is 1. The molecule has 0 aliphatic carbocycles. The predicted octanol–water partition coefficient (Wildman–Crippen LogP) is 3.68. The zero-order valence-corrected chi connectivity index (χ0v) is 16.5. The molecule has 0 amide bonds. The van der Waals surface area contributed by atoms with E-state index in [0.29, 0.717) is 10.6 Å². The van der Waals surface area contributed by atoms with E-state index in [0.717, 1.165) is 6.07 Å². The molecule has 3 aromatic rings. The lowest BCUT2D eigenvalue weighted by Crippen LogP contribution is -2.15. The maximum absolute atomic E-state index is 12.8. The maximum Gasteiger partial charge on any atom is 0.262 e. The van der Waals surface area contributed by atoms with Crippen LogP contribution in [-0.2, 0) is 19.9 Å². The lowest BCUT2D eigenvalue weighted by molar-refractivity contribution is 0.595. The molecule has 0 unspecified atom stereocenters. The molecule has 2 aromatic carbocycles. The van der Waals surface area contributed by atoms with Gasteiger partial charge in [0, 0.05) is 11.2 Å². The number of pyridine rings is 1. The largest absolute Gasteiger partial charge is 0.278 e. The van der Waals surface area contributed by atoms with Crippen LogP contribution >= 0.6 is 11.6 Å². The van der Waals surface area contributed by atoms with E-state index in [9.17, 15) is 16.8 Å². The van der Waals surface area contributed by atoms with Crippen LogP contribution in [0.3, 0.4) is 0 Å². The van der Waals surface area contributed by atoms with Gasteiger partial charge in [0.25, 0.3) is 10.0 Å². The average molecular weight is 423 g/mol. The van der Waals surface area contributed by atoms with Crippen molar-refractivity contribution in [1.82, 2.24) is 4.98 Å². The van der Waals surface area contributed by atoms with Crippen molar-refractivity contribution >= 4 is 37.1 Å². The van der Waals surface area contributed by atoms with Crippen LogP contribution < -0.4 is 4.72 Å². The van der Waals surface area contributed by atoms with E-state index in [1.54, 1.807) is 19.1 Å². The van der Waals surface area contributed by atoms with Crippen LogP contribution in [-0.4, -0.2) is 21.8 Å². The van der Waals surface area contributed by atoms with Gasteiger partial charge in [-0.2, -0.15) is 0 Å². The summed E-state index contributed by atoms with van der Waals surface area (Å²) in [5.41, 5.74) is 0.698. The molecule has 9 heteroatoms. The smallest absolute Gasteiger partial charge is 0.262 e. The number of halogens is 1. The minimum atomic E-state index is -3.99. The molecule has 0 fully saturated rings. The summed E-state index contributed by atoms with van der Waals surface area (Å²) in [6, 6.07) is 12.8. The molecule has 0 radical (unpaired) electrons. The average Bonchev–Trinajstić information content (AvgIpc) is 2.62. The van der Waals surface area contributed by atoms with Gasteiger partial charge in [0.15, 0.2) is 0 Å². The Hall–Kier alpha value is -2.42. The van der Waals surface area contributed by atoms with Crippen LogP contribution in [0.5, 0.6) is 0 Å². The first-order valence-electron chi connectivity index (χ1n) is 7.74. The van der Waals surface area contributed by atoms with Crippen molar-refractivity contribution in [3.63, 3.8) is 0 Å². The second kappa shape index (κ2) is 7.30. The summed E-state index contributed by atoms with van der Waals surface area (Å²) in [6.45, 7) is 1.59. The predicted molar refractivity (Wildman–Crippen MR) is 103 cm³/mol. The summed E-state index contributed by atoms with van der Waals surface area (Å²) in [4.78, 5) is 3.64. The van der Waals surface area contributed by atoms with Crippen molar-refractivity contribution in [3.8, 4) is 0 Å². The third kappa shape index (κ3) is 4.13. The van der Waals surface area contributed by atoms with Crippen LogP contribution in [0.1, 0.15) is 5.56 Å². The number of sulfone groups is 1. The molecule has 0 atom stereocenters. The van der Waals surface area contributed by atoms with Crippen molar-refractivity contribution < 1.29 is 16.8 Å². The van der Waals surface area contributed by atoms with Gasteiger partial charge in [0.05, 0.1) is 26.6 Å². The normalized spacial score (nSPS) is 11.9. The highest BCUT2D eigenvalue weighted by Gasteiger charge is 2.23. The fourth-order valence-electron chi connectivity index (χ4n) is 2.42.